The van der Waals surface area contributed by atoms with Gasteiger partial charge in [-0.05, 0) is 17.7 Å². The van der Waals surface area contributed by atoms with Crippen molar-refractivity contribution in [3.63, 3.8) is 0 Å². The number of carbonyl (C=O) groups is 2. The molecule has 3 N–H and O–H groups in total. The van der Waals surface area contributed by atoms with Crippen molar-refractivity contribution in [1.82, 2.24) is 15.2 Å². The topological polar surface area (TPSA) is 88.3 Å². The minimum atomic E-state index is -0.255. The summed E-state index contributed by atoms with van der Waals surface area (Å²) < 4.78 is 0. The van der Waals surface area contributed by atoms with Gasteiger partial charge in [0.15, 0.2) is 0 Å². The van der Waals surface area contributed by atoms with Crippen LogP contribution >= 0.6 is 0 Å². The van der Waals surface area contributed by atoms with E-state index in [1.165, 1.54) is 0 Å². The number of nitrogens with one attached hydrogen (secondary N) is 1. The monoisotopic (exact) mass is 234 g/mol. The van der Waals surface area contributed by atoms with Crippen LogP contribution in [0.1, 0.15) is 11.3 Å². The Morgan fingerprint density at radius 1 is 1.35 bits per heavy atom. The maximum atomic E-state index is 11.2. The van der Waals surface area contributed by atoms with E-state index in [1.807, 2.05) is 12.1 Å². The van der Waals surface area contributed by atoms with Gasteiger partial charge in [-0.15, -0.1) is 0 Å². The number of piperazine rings is 1. The van der Waals surface area contributed by atoms with Crippen LogP contribution in [0.4, 0.5) is 0 Å². The second-order valence-electron chi connectivity index (χ2n) is 3.98. The first-order valence-corrected chi connectivity index (χ1v) is 5.36. The molecule has 0 aliphatic carbocycles. The molecular formula is C11H14N4O2. The molecule has 1 aliphatic heterocycles. The highest BCUT2D eigenvalue weighted by Crippen LogP contribution is 2.07. The normalized spacial score (nSPS) is 17.0. The SMILES string of the molecule is NCc1cc(CN2CC(=O)NC(=O)C2)ccn1. The van der Waals surface area contributed by atoms with E-state index in [1.54, 1.807) is 11.1 Å². The van der Waals surface area contributed by atoms with Gasteiger partial charge in [-0.3, -0.25) is 24.8 Å². The Bertz CT molecular complexity index is 431. The summed E-state index contributed by atoms with van der Waals surface area (Å²) in [5, 5.41) is 2.27. The quantitative estimate of drug-likeness (QED) is 0.655. The predicted molar refractivity (Wildman–Crippen MR) is 60.6 cm³/mol. The molecule has 6 nitrogen and oxygen atoms in total. The lowest BCUT2D eigenvalue weighted by atomic mass is 10.2. The zero-order valence-electron chi connectivity index (χ0n) is 9.35. The molecule has 1 fully saturated rings. The van der Waals surface area contributed by atoms with Crippen molar-refractivity contribution in [2.75, 3.05) is 13.1 Å². The first-order valence-electron chi connectivity index (χ1n) is 5.36. The van der Waals surface area contributed by atoms with Crippen molar-refractivity contribution >= 4 is 11.8 Å². The first-order chi connectivity index (χ1) is 8.17. The van der Waals surface area contributed by atoms with E-state index in [9.17, 15) is 9.59 Å². The molecule has 17 heavy (non-hydrogen) atoms. The molecule has 0 aromatic carbocycles. The summed E-state index contributed by atoms with van der Waals surface area (Å²) in [5.41, 5.74) is 7.31. The van der Waals surface area contributed by atoms with Crippen LogP contribution in [0.2, 0.25) is 0 Å². The molecule has 6 heteroatoms. The van der Waals surface area contributed by atoms with Crippen molar-refractivity contribution in [3.05, 3.63) is 29.6 Å². The molecule has 2 heterocycles. The minimum Gasteiger partial charge on any atom is -0.325 e. The van der Waals surface area contributed by atoms with Gasteiger partial charge in [-0.1, -0.05) is 0 Å². The zero-order chi connectivity index (χ0) is 12.3. The van der Waals surface area contributed by atoms with Crippen LogP contribution in [-0.2, 0) is 22.7 Å². The number of rotatable bonds is 3. The van der Waals surface area contributed by atoms with Crippen molar-refractivity contribution in [2.45, 2.75) is 13.1 Å². The number of carbonyl (C=O) groups excluding carboxylic acids is 2. The van der Waals surface area contributed by atoms with Crippen molar-refractivity contribution in [1.29, 1.82) is 0 Å². The average Bonchev–Trinajstić information content (AvgIpc) is 2.28. The Labute approximate surface area is 98.8 Å². The average molecular weight is 234 g/mol. The molecule has 1 aliphatic rings. The van der Waals surface area contributed by atoms with E-state index >= 15 is 0 Å². The Balaban J connectivity index is 2.04. The van der Waals surface area contributed by atoms with Gasteiger partial charge in [0.1, 0.15) is 0 Å². The Kier molecular flexibility index (Phi) is 3.46. The number of aromatic nitrogens is 1. The van der Waals surface area contributed by atoms with Gasteiger partial charge in [0.25, 0.3) is 0 Å². The van der Waals surface area contributed by atoms with Crippen molar-refractivity contribution in [3.8, 4) is 0 Å². The van der Waals surface area contributed by atoms with E-state index in [-0.39, 0.29) is 24.9 Å². The van der Waals surface area contributed by atoms with Crippen molar-refractivity contribution < 1.29 is 9.59 Å². The van der Waals surface area contributed by atoms with Gasteiger partial charge >= 0.3 is 0 Å². The number of amides is 2. The standard InChI is InChI=1S/C11H14N4O2/c12-4-9-3-8(1-2-13-9)5-15-6-10(16)14-11(17)7-15/h1-3H,4-7,12H2,(H,14,16,17). The summed E-state index contributed by atoms with van der Waals surface area (Å²) in [5.74, 6) is -0.510. The molecule has 0 spiro atoms. The molecule has 0 saturated carbocycles. The molecule has 0 unspecified atom stereocenters. The molecule has 1 aromatic rings. The van der Waals surface area contributed by atoms with E-state index < -0.39 is 0 Å². The minimum absolute atomic E-state index is 0.242. The van der Waals surface area contributed by atoms with Gasteiger partial charge in [-0.2, -0.15) is 0 Å². The van der Waals surface area contributed by atoms with E-state index in [0.717, 1.165) is 11.3 Å². The van der Waals surface area contributed by atoms with Gasteiger partial charge in [-0.25, -0.2) is 0 Å². The van der Waals surface area contributed by atoms with Crippen LogP contribution in [0, 0.1) is 0 Å². The fourth-order valence-electron chi connectivity index (χ4n) is 1.80. The molecular weight excluding hydrogens is 220 g/mol. The largest absolute Gasteiger partial charge is 0.325 e. The van der Waals surface area contributed by atoms with Crippen LogP contribution in [-0.4, -0.2) is 34.8 Å². The highest BCUT2D eigenvalue weighted by molar-refractivity contribution is 5.99. The van der Waals surface area contributed by atoms with Crippen molar-refractivity contribution in [2.24, 2.45) is 5.73 Å². The first kappa shape index (κ1) is 11.7. The molecule has 90 valence electrons. The number of imide groups is 1. The molecule has 0 atom stereocenters. The lowest BCUT2D eigenvalue weighted by Crippen LogP contribution is -2.50. The Morgan fingerprint density at radius 3 is 2.71 bits per heavy atom. The summed E-state index contributed by atoms with van der Waals surface area (Å²) >= 11 is 0. The smallest absolute Gasteiger partial charge is 0.240 e. The fourth-order valence-corrected chi connectivity index (χ4v) is 1.80. The number of pyridine rings is 1. The lowest BCUT2D eigenvalue weighted by molar-refractivity contribution is -0.136. The number of hydrogen-bond donors (Lipinski definition) is 2. The number of nitrogens with zero attached hydrogens (tertiary/aromatic N) is 2. The summed E-state index contributed by atoms with van der Waals surface area (Å²) in [6.45, 7) is 1.42. The third-order valence-electron chi connectivity index (χ3n) is 2.51. The maximum absolute atomic E-state index is 11.2. The van der Waals surface area contributed by atoms with Crippen LogP contribution < -0.4 is 11.1 Å². The predicted octanol–water partition coefficient (Wildman–Crippen LogP) is -1.00. The second-order valence-corrected chi connectivity index (χ2v) is 3.98. The number of nitrogens with two attached hydrogens (primary N) is 1. The summed E-state index contributed by atoms with van der Waals surface area (Å²) in [4.78, 5) is 28.3. The van der Waals surface area contributed by atoms with Crippen LogP contribution in [0.25, 0.3) is 0 Å². The Hall–Kier alpha value is -1.79. The summed E-state index contributed by atoms with van der Waals surface area (Å²) in [7, 11) is 0. The zero-order valence-corrected chi connectivity index (χ0v) is 9.35. The third kappa shape index (κ3) is 3.08. The van der Waals surface area contributed by atoms with E-state index in [4.69, 9.17) is 5.73 Å². The maximum Gasteiger partial charge on any atom is 0.240 e. The highest BCUT2D eigenvalue weighted by Gasteiger charge is 2.22. The van der Waals surface area contributed by atoms with Crippen LogP contribution in [0.15, 0.2) is 18.3 Å². The van der Waals surface area contributed by atoms with E-state index in [2.05, 4.69) is 10.3 Å². The molecule has 1 aromatic heterocycles. The molecule has 2 rings (SSSR count). The summed E-state index contributed by atoms with van der Waals surface area (Å²) in [6.07, 6.45) is 1.68. The lowest BCUT2D eigenvalue weighted by Gasteiger charge is -2.25. The number of hydrogen-bond acceptors (Lipinski definition) is 5. The summed E-state index contributed by atoms with van der Waals surface area (Å²) in [6, 6.07) is 3.74. The van der Waals surface area contributed by atoms with Gasteiger partial charge in [0.2, 0.25) is 11.8 Å². The van der Waals surface area contributed by atoms with Crippen LogP contribution in [0.3, 0.4) is 0 Å². The highest BCUT2D eigenvalue weighted by atomic mass is 16.2. The Morgan fingerprint density at radius 2 is 2.06 bits per heavy atom. The molecule has 0 radical (unpaired) electrons. The van der Waals surface area contributed by atoms with Gasteiger partial charge in [0, 0.05) is 19.3 Å². The fraction of sp³-hybridized carbons (Fsp3) is 0.364. The molecule has 0 bridgehead atoms. The molecule has 1 saturated heterocycles. The van der Waals surface area contributed by atoms with Crippen LogP contribution in [0.5, 0.6) is 0 Å². The van der Waals surface area contributed by atoms with Gasteiger partial charge < -0.3 is 5.73 Å². The molecule has 2 amide bonds. The third-order valence-corrected chi connectivity index (χ3v) is 2.51. The van der Waals surface area contributed by atoms with Gasteiger partial charge in [0.05, 0.1) is 18.8 Å². The second kappa shape index (κ2) is 5.03. The van der Waals surface area contributed by atoms with E-state index in [0.29, 0.717) is 13.1 Å².